The molecule has 2 aromatic heterocycles. The number of carboxylic acid groups (broad SMARTS) is 1. The predicted molar refractivity (Wildman–Crippen MR) is 88.4 cm³/mol. The van der Waals surface area contributed by atoms with Crippen molar-refractivity contribution in [3.8, 4) is 5.75 Å². The first-order chi connectivity index (χ1) is 11.7. The number of aromatic nitrogens is 3. The number of hydrogen-bond donors (Lipinski definition) is 2. The summed E-state index contributed by atoms with van der Waals surface area (Å²) in [5.74, 6) is -0.0481. The Labute approximate surface area is 138 Å². The van der Waals surface area contributed by atoms with Crippen LogP contribution in [0.3, 0.4) is 0 Å². The highest BCUT2D eigenvalue weighted by Gasteiger charge is 2.31. The number of likely N-dealkylation sites (tertiary alicyclic amines) is 1. The van der Waals surface area contributed by atoms with E-state index in [0.29, 0.717) is 0 Å². The number of carboxylic acids is 1. The Bertz CT molecular complexity index is 892. The van der Waals surface area contributed by atoms with Gasteiger partial charge in [-0.15, -0.1) is 0 Å². The number of aromatic amines is 1. The van der Waals surface area contributed by atoms with Crippen LogP contribution in [0.25, 0.3) is 10.9 Å². The van der Waals surface area contributed by atoms with E-state index in [0.717, 1.165) is 41.9 Å². The van der Waals surface area contributed by atoms with Gasteiger partial charge in [-0.25, -0.2) is 4.79 Å². The molecule has 1 aliphatic heterocycles. The smallest absolute Gasteiger partial charge is 0.354 e. The minimum absolute atomic E-state index is 0.105. The fourth-order valence-corrected chi connectivity index (χ4v) is 3.36. The second kappa shape index (κ2) is 5.68. The molecule has 0 atom stereocenters. The van der Waals surface area contributed by atoms with E-state index in [9.17, 15) is 9.90 Å². The van der Waals surface area contributed by atoms with Crippen molar-refractivity contribution < 1.29 is 14.6 Å². The molecule has 124 valence electrons. The summed E-state index contributed by atoms with van der Waals surface area (Å²) in [7, 11) is 1.69. The van der Waals surface area contributed by atoms with Crippen molar-refractivity contribution in [1.82, 2.24) is 19.7 Å². The molecule has 3 aromatic rings. The van der Waals surface area contributed by atoms with Crippen LogP contribution in [0, 0.1) is 0 Å². The monoisotopic (exact) mass is 326 g/mol. The molecule has 0 spiro atoms. The highest BCUT2D eigenvalue weighted by Crippen LogP contribution is 2.32. The SMILES string of the molecule is COc1c(CN2CC(n3nccc3C(=O)O)C2)ccc2[nH]ccc12. The van der Waals surface area contributed by atoms with Crippen molar-refractivity contribution in [2.45, 2.75) is 12.6 Å². The number of hydrogen-bond acceptors (Lipinski definition) is 4. The standard InChI is InChI=1S/C17H18N4O3/c1-24-16-11(2-3-14-13(16)4-6-18-14)8-20-9-12(10-20)21-15(17(22)23)5-7-19-21/h2-7,12,18H,8-10H2,1H3,(H,22,23). The van der Waals surface area contributed by atoms with Crippen LogP contribution in [0.2, 0.25) is 0 Å². The van der Waals surface area contributed by atoms with Gasteiger partial charge in [-0.3, -0.25) is 9.58 Å². The van der Waals surface area contributed by atoms with Gasteiger partial charge in [-0.1, -0.05) is 6.07 Å². The van der Waals surface area contributed by atoms with Crippen molar-refractivity contribution in [2.75, 3.05) is 20.2 Å². The second-order valence-electron chi connectivity index (χ2n) is 6.01. The number of benzene rings is 1. The molecule has 4 rings (SSSR count). The molecular formula is C17H18N4O3. The normalized spacial score (nSPS) is 15.5. The minimum Gasteiger partial charge on any atom is -0.496 e. The molecule has 1 aromatic carbocycles. The van der Waals surface area contributed by atoms with Crippen molar-refractivity contribution in [3.63, 3.8) is 0 Å². The van der Waals surface area contributed by atoms with E-state index >= 15 is 0 Å². The number of H-pyrrole nitrogens is 1. The number of rotatable bonds is 5. The summed E-state index contributed by atoms with van der Waals surface area (Å²) in [5, 5.41) is 14.4. The van der Waals surface area contributed by atoms with Gasteiger partial charge in [0.2, 0.25) is 0 Å². The van der Waals surface area contributed by atoms with Crippen LogP contribution in [-0.2, 0) is 6.54 Å². The topological polar surface area (TPSA) is 83.4 Å². The number of nitrogens with one attached hydrogen (secondary N) is 1. The van der Waals surface area contributed by atoms with Crippen LogP contribution in [0.5, 0.6) is 5.75 Å². The van der Waals surface area contributed by atoms with Gasteiger partial charge in [0.05, 0.1) is 13.2 Å². The van der Waals surface area contributed by atoms with Gasteiger partial charge < -0.3 is 14.8 Å². The predicted octanol–water partition coefficient (Wildman–Crippen LogP) is 2.13. The fourth-order valence-electron chi connectivity index (χ4n) is 3.36. The zero-order valence-corrected chi connectivity index (χ0v) is 13.3. The van der Waals surface area contributed by atoms with Crippen LogP contribution in [0.1, 0.15) is 22.1 Å². The maximum atomic E-state index is 11.2. The van der Waals surface area contributed by atoms with Gasteiger partial charge in [-0.2, -0.15) is 5.10 Å². The van der Waals surface area contributed by atoms with Crippen molar-refractivity contribution in [2.24, 2.45) is 0 Å². The number of methoxy groups -OCH3 is 1. The third-order valence-corrected chi connectivity index (χ3v) is 4.54. The number of fused-ring (bicyclic) bond motifs is 1. The first-order valence-corrected chi connectivity index (χ1v) is 7.79. The molecule has 7 heteroatoms. The molecule has 1 fully saturated rings. The van der Waals surface area contributed by atoms with E-state index in [4.69, 9.17) is 4.74 Å². The molecule has 0 amide bonds. The lowest BCUT2D eigenvalue weighted by Gasteiger charge is -2.39. The zero-order chi connectivity index (χ0) is 16.7. The van der Waals surface area contributed by atoms with Crippen LogP contribution in [0.4, 0.5) is 0 Å². The summed E-state index contributed by atoms with van der Waals surface area (Å²) in [5.41, 5.74) is 2.42. The Balaban J connectivity index is 1.49. The molecule has 1 saturated heterocycles. The van der Waals surface area contributed by atoms with E-state index in [1.807, 2.05) is 12.3 Å². The highest BCUT2D eigenvalue weighted by atomic mass is 16.5. The first-order valence-electron chi connectivity index (χ1n) is 7.79. The maximum Gasteiger partial charge on any atom is 0.354 e. The van der Waals surface area contributed by atoms with Gasteiger partial charge in [0.25, 0.3) is 0 Å². The molecule has 7 nitrogen and oxygen atoms in total. The largest absolute Gasteiger partial charge is 0.496 e. The summed E-state index contributed by atoms with van der Waals surface area (Å²) in [6.07, 6.45) is 3.44. The molecule has 2 N–H and O–H groups in total. The highest BCUT2D eigenvalue weighted by molar-refractivity contribution is 5.87. The van der Waals surface area contributed by atoms with Crippen LogP contribution < -0.4 is 4.74 Å². The molecule has 0 bridgehead atoms. The molecule has 1 aliphatic rings. The quantitative estimate of drug-likeness (QED) is 0.750. The Hall–Kier alpha value is -2.80. The zero-order valence-electron chi connectivity index (χ0n) is 13.3. The number of ether oxygens (including phenoxy) is 1. The number of carbonyl (C=O) groups is 1. The van der Waals surface area contributed by atoms with E-state index in [2.05, 4.69) is 27.1 Å². The van der Waals surface area contributed by atoms with E-state index < -0.39 is 5.97 Å². The Morgan fingerprint density at radius 2 is 2.21 bits per heavy atom. The summed E-state index contributed by atoms with van der Waals surface area (Å²) in [6.45, 7) is 2.32. The van der Waals surface area contributed by atoms with Crippen LogP contribution in [-0.4, -0.2) is 50.9 Å². The van der Waals surface area contributed by atoms with Crippen LogP contribution >= 0.6 is 0 Å². The first kappa shape index (κ1) is 14.8. The number of aromatic carboxylic acids is 1. The van der Waals surface area contributed by atoms with E-state index in [1.54, 1.807) is 11.8 Å². The van der Waals surface area contributed by atoms with Gasteiger partial charge in [-0.05, 0) is 18.2 Å². The third-order valence-electron chi connectivity index (χ3n) is 4.54. The summed E-state index contributed by atoms with van der Waals surface area (Å²) < 4.78 is 7.20. The van der Waals surface area contributed by atoms with Crippen molar-refractivity contribution >= 4 is 16.9 Å². The molecule has 24 heavy (non-hydrogen) atoms. The minimum atomic E-state index is -0.939. The molecule has 0 aliphatic carbocycles. The van der Waals surface area contributed by atoms with Gasteiger partial charge in [0.15, 0.2) is 0 Å². The lowest BCUT2D eigenvalue weighted by Crippen LogP contribution is -2.48. The average Bonchev–Trinajstić information content (AvgIpc) is 3.18. The maximum absolute atomic E-state index is 11.2. The van der Waals surface area contributed by atoms with Gasteiger partial charge >= 0.3 is 5.97 Å². The molecule has 0 radical (unpaired) electrons. The molecule has 3 heterocycles. The van der Waals surface area contributed by atoms with E-state index in [1.165, 1.54) is 12.3 Å². The summed E-state index contributed by atoms with van der Waals surface area (Å²) in [4.78, 5) is 16.6. The fraction of sp³-hybridized carbons (Fsp3) is 0.294. The number of nitrogens with zero attached hydrogens (tertiary/aromatic N) is 3. The molecule has 0 saturated carbocycles. The van der Waals surface area contributed by atoms with Crippen molar-refractivity contribution in [1.29, 1.82) is 0 Å². The lowest BCUT2D eigenvalue weighted by molar-refractivity contribution is 0.0626. The average molecular weight is 326 g/mol. The summed E-state index contributed by atoms with van der Waals surface area (Å²) in [6, 6.07) is 7.78. The molecule has 0 unspecified atom stereocenters. The van der Waals surface area contributed by atoms with Gasteiger partial charge in [0, 0.05) is 48.5 Å². The Morgan fingerprint density at radius 3 is 2.96 bits per heavy atom. The van der Waals surface area contributed by atoms with E-state index in [-0.39, 0.29) is 11.7 Å². The van der Waals surface area contributed by atoms with Crippen molar-refractivity contribution in [3.05, 3.63) is 47.9 Å². The van der Waals surface area contributed by atoms with Gasteiger partial charge in [0.1, 0.15) is 11.4 Å². The lowest BCUT2D eigenvalue weighted by atomic mass is 10.1. The summed E-state index contributed by atoms with van der Waals surface area (Å²) >= 11 is 0. The molecular weight excluding hydrogens is 308 g/mol. The van der Waals surface area contributed by atoms with Crippen LogP contribution in [0.15, 0.2) is 36.7 Å². The third kappa shape index (κ3) is 2.33. The Kier molecular flexibility index (Phi) is 3.50. The Morgan fingerprint density at radius 1 is 1.38 bits per heavy atom. The second-order valence-corrected chi connectivity index (χ2v) is 6.01.